The Morgan fingerprint density at radius 3 is 2.66 bits per heavy atom. The maximum atomic E-state index is 13.6. The van der Waals surface area contributed by atoms with E-state index in [-0.39, 0.29) is 48.0 Å². The summed E-state index contributed by atoms with van der Waals surface area (Å²) in [7, 11) is 0. The maximum absolute atomic E-state index is 13.6. The molecular weight excluding hydrogens is 542 g/mol. The zero-order chi connectivity index (χ0) is 28.9. The fraction of sp³-hybridized carbons (Fsp3) is 0.517. The largest absolute Gasteiger partial charge is 0.370 e. The normalized spacial score (nSPS) is 23.2. The molecule has 3 fully saturated rings. The van der Waals surface area contributed by atoms with Crippen molar-refractivity contribution in [1.29, 1.82) is 5.41 Å². The SMILES string of the molecule is N=C(N)N1CCC[C@@H](C[C@H](NC(=O)[C@@H]2CC[C@H]3CN(C(=O)CCc4ccccc4)CC(=O)N32)C(=O)c2nccs2)C1. The van der Waals surface area contributed by atoms with Gasteiger partial charge in [0.15, 0.2) is 11.0 Å². The van der Waals surface area contributed by atoms with Crippen molar-refractivity contribution in [2.24, 2.45) is 11.7 Å². The number of hydrogen-bond acceptors (Lipinski definition) is 7. The highest BCUT2D eigenvalue weighted by molar-refractivity contribution is 7.11. The third kappa shape index (κ3) is 6.75. The lowest BCUT2D eigenvalue weighted by molar-refractivity contribution is -0.151. The van der Waals surface area contributed by atoms with Crippen molar-refractivity contribution < 1.29 is 19.2 Å². The predicted molar refractivity (Wildman–Crippen MR) is 154 cm³/mol. The van der Waals surface area contributed by atoms with Gasteiger partial charge in [0.1, 0.15) is 6.04 Å². The summed E-state index contributed by atoms with van der Waals surface area (Å²) >= 11 is 1.23. The molecule has 4 atom stereocenters. The molecule has 0 radical (unpaired) electrons. The number of nitrogens with zero attached hydrogens (tertiary/aromatic N) is 4. The van der Waals surface area contributed by atoms with Gasteiger partial charge in [-0.1, -0.05) is 30.3 Å². The number of thiazole rings is 1. The van der Waals surface area contributed by atoms with E-state index < -0.39 is 12.1 Å². The van der Waals surface area contributed by atoms with Gasteiger partial charge in [-0.25, -0.2) is 4.98 Å². The number of nitrogens with two attached hydrogens (primary N) is 1. The summed E-state index contributed by atoms with van der Waals surface area (Å²) in [4.78, 5) is 62.4. The number of carbonyl (C=O) groups excluding carboxylic acids is 4. The molecule has 5 rings (SSSR count). The van der Waals surface area contributed by atoms with Crippen molar-refractivity contribution in [2.45, 2.75) is 63.1 Å². The van der Waals surface area contributed by atoms with Crippen molar-refractivity contribution in [3.8, 4) is 0 Å². The molecule has 3 aliphatic heterocycles. The summed E-state index contributed by atoms with van der Waals surface area (Å²) in [5.74, 6) is -0.808. The quantitative estimate of drug-likeness (QED) is 0.232. The highest BCUT2D eigenvalue weighted by atomic mass is 32.1. The molecule has 0 bridgehead atoms. The van der Waals surface area contributed by atoms with Crippen LogP contribution >= 0.6 is 11.3 Å². The van der Waals surface area contributed by atoms with Crippen LogP contribution in [0, 0.1) is 11.3 Å². The average molecular weight is 580 g/mol. The number of piperazine rings is 1. The molecule has 0 aliphatic carbocycles. The first kappa shape index (κ1) is 28.7. The Kier molecular flexibility index (Phi) is 8.96. The fourth-order valence-electron chi connectivity index (χ4n) is 6.31. The van der Waals surface area contributed by atoms with Crippen molar-refractivity contribution in [2.75, 3.05) is 26.2 Å². The molecule has 1 aromatic heterocycles. The van der Waals surface area contributed by atoms with E-state index in [1.54, 1.807) is 26.3 Å². The van der Waals surface area contributed by atoms with Gasteiger partial charge in [-0.15, -0.1) is 11.3 Å². The summed E-state index contributed by atoms with van der Waals surface area (Å²) in [6.45, 7) is 1.62. The lowest BCUT2D eigenvalue weighted by Gasteiger charge is -2.39. The van der Waals surface area contributed by atoms with Crippen LogP contribution in [0.2, 0.25) is 0 Å². The van der Waals surface area contributed by atoms with Crippen LogP contribution in [0.3, 0.4) is 0 Å². The summed E-state index contributed by atoms with van der Waals surface area (Å²) in [6.07, 6.45) is 5.73. The molecule has 11 nitrogen and oxygen atoms in total. The van der Waals surface area contributed by atoms with Crippen LogP contribution in [0.1, 0.15) is 53.9 Å². The van der Waals surface area contributed by atoms with Crippen molar-refractivity contribution in [1.82, 2.24) is 25.0 Å². The van der Waals surface area contributed by atoms with E-state index in [1.165, 1.54) is 11.3 Å². The van der Waals surface area contributed by atoms with E-state index in [9.17, 15) is 19.2 Å². The number of amides is 3. The maximum Gasteiger partial charge on any atom is 0.243 e. The van der Waals surface area contributed by atoms with Crippen molar-refractivity contribution >= 4 is 40.8 Å². The minimum atomic E-state index is -0.791. The van der Waals surface area contributed by atoms with E-state index in [0.717, 1.165) is 18.4 Å². The third-order valence-electron chi connectivity index (χ3n) is 8.38. The van der Waals surface area contributed by atoms with Gasteiger partial charge >= 0.3 is 0 Å². The summed E-state index contributed by atoms with van der Waals surface area (Å²) in [5, 5.41) is 12.8. The Morgan fingerprint density at radius 2 is 1.93 bits per heavy atom. The lowest BCUT2D eigenvalue weighted by Crippen LogP contribution is -2.60. The summed E-state index contributed by atoms with van der Waals surface area (Å²) in [5.41, 5.74) is 6.79. The Balaban J connectivity index is 1.22. The molecule has 12 heteroatoms. The molecule has 0 spiro atoms. The molecule has 0 unspecified atom stereocenters. The van der Waals surface area contributed by atoms with Crippen LogP contribution in [0.5, 0.6) is 0 Å². The summed E-state index contributed by atoms with van der Waals surface area (Å²) in [6, 6.07) is 8.09. The fourth-order valence-corrected chi connectivity index (χ4v) is 6.94. The van der Waals surface area contributed by atoms with Gasteiger partial charge in [-0.3, -0.25) is 24.6 Å². The Labute approximate surface area is 243 Å². The number of hydrogen-bond donors (Lipinski definition) is 3. The second kappa shape index (κ2) is 12.8. The number of guanidine groups is 1. The molecule has 4 heterocycles. The van der Waals surface area contributed by atoms with E-state index in [1.807, 2.05) is 30.3 Å². The molecule has 41 heavy (non-hydrogen) atoms. The van der Waals surface area contributed by atoms with E-state index in [4.69, 9.17) is 11.1 Å². The number of aryl methyl sites for hydroxylation is 1. The molecule has 4 N–H and O–H groups in total. The van der Waals surface area contributed by atoms with Crippen LogP contribution in [0.4, 0.5) is 0 Å². The van der Waals surface area contributed by atoms with Gasteiger partial charge in [-0.05, 0) is 50.0 Å². The van der Waals surface area contributed by atoms with Gasteiger partial charge in [0.25, 0.3) is 0 Å². The van der Waals surface area contributed by atoms with Crippen LogP contribution in [0.15, 0.2) is 41.9 Å². The minimum absolute atomic E-state index is 0.00901. The first-order chi connectivity index (χ1) is 19.8. The van der Waals surface area contributed by atoms with E-state index in [2.05, 4.69) is 10.3 Å². The van der Waals surface area contributed by atoms with E-state index >= 15 is 0 Å². The number of nitrogens with one attached hydrogen (secondary N) is 2. The molecule has 2 aromatic rings. The average Bonchev–Trinajstić information content (AvgIpc) is 3.67. The lowest BCUT2D eigenvalue weighted by atomic mass is 9.89. The second-order valence-corrected chi connectivity index (χ2v) is 12.0. The number of rotatable bonds is 9. The zero-order valence-corrected chi connectivity index (χ0v) is 23.9. The van der Waals surface area contributed by atoms with Gasteiger partial charge in [0.05, 0.1) is 18.6 Å². The molecule has 218 valence electrons. The third-order valence-corrected chi connectivity index (χ3v) is 9.17. The number of Topliss-reactive ketones (excluding diaryl/α,β-unsaturated/α-hetero) is 1. The number of piperidine rings is 1. The monoisotopic (exact) mass is 579 g/mol. The Hall–Kier alpha value is -3.80. The number of likely N-dealkylation sites (tertiary alicyclic amines) is 1. The van der Waals surface area contributed by atoms with Crippen LogP contribution in [-0.4, -0.2) is 93.5 Å². The van der Waals surface area contributed by atoms with Crippen LogP contribution in [-0.2, 0) is 20.8 Å². The smallest absolute Gasteiger partial charge is 0.243 e. The predicted octanol–water partition coefficient (Wildman–Crippen LogP) is 1.64. The topological polar surface area (TPSA) is 153 Å². The highest BCUT2D eigenvalue weighted by Crippen LogP contribution is 2.30. The molecule has 3 aliphatic rings. The van der Waals surface area contributed by atoms with Gasteiger partial charge in [0, 0.05) is 37.6 Å². The van der Waals surface area contributed by atoms with Gasteiger partial charge < -0.3 is 25.8 Å². The van der Waals surface area contributed by atoms with Crippen LogP contribution in [0.25, 0.3) is 0 Å². The number of benzene rings is 1. The number of ketones is 1. The zero-order valence-electron chi connectivity index (χ0n) is 23.0. The number of aromatic nitrogens is 1. The highest BCUT2D eigenvalue weighted by Gasteiger charge is 2.46. The van der Waals surface area contributed by atoms with Crippen LogP contribution < -0.4 is 11.1 Å². The molecule has 1 aromatic carbocycles. The first-order valence-corrected chi connectivity index (χ1v) is 15.1. The molecule has 3 saturated heterocycles. The summed E-state index contributed by atoms with van der Waals surface area (Å²) < 4.78 is 0. The standard InChI is InChI=1S/C29H37N7O4S/c30-29(31)34-13-4-7-20(16-34)15-22(26(39)28-32-12-14-41-28)33-27(40)23-10-9-21-17-35(18-25(38)36(21)23)24(37)11-8-19-5-2-1-3-6-19/h1-3,5-6,12,14,20-23H,4,7-11,13,15-18H2,(H3,30,31)(H,33,40)/t20-,21-,22-,23-/m0/s1. The van der Waals surface area contributed by atoms with Crippen molar-refractivity contribution in [3.05, 3.63) is 52.5 Å². The van der Waals surface area contributed by atoms with E-state index in [0.29, 0.717) is 56.7 Å². The Morgan fingerprint density at radius 1 is 1.12 bits per heavy atom. The van der Waals surface area contributed by atoms with Gasteiger partial charge in [-0.2, -0.15) is 0 Å². The number of fused-ring (bicyclic) bond motifs is 1. The number of carbonyl (C=O) groups is 4. The first-order valence-electron chi connectivity index (χ1n) is 14.3. The second-order valence-electron chi connectivity index (χ2n) is 11.1. The Bertz CT molecular complexity index is 1270. The van der Waals surface area contributed by atoms with Crippen molar-refractivity contribution in [3.63, 3.8) is 0 Å². The minimum Gasteiger partial charge on any atom is -0.370 e. The molecular formula is C29H37N7O4S. The molecule has 3 amide bonds. The van der Waals surface area contributed by atoms with Gasteiger partial charge in [0.2, 0.25) is 23.5 Å². The molecule has 0 saturated carbocycles.